The first-order chi connectivity index (χ1) is 10.5. The van der Waals surface area contributed by atoms with Crippen LogP contribution in [0, 0.1) is 22.2 Å². The number of aliphatic imine (C=N–C) groups is 1. The summed E-state index contributed by atoms with van der Waals surface area (Å²) in [6, 6.07) is 1.89. The van der Waals surface area contributed by atoms with Crippen LogP contribution in [0.5, 0.6) is 0 Å². The van der Waals surface area contributed by atoms with E-state index < -0.39 is 4.70 Å². The minimum Gasteiger partial charge on any atom is -0.506 e. The van der Waals surface area contributed by atoms with Gasteiger partial charge >= 0.3 is 0 Å². The van der Waals surface area contributed by atoms with Crippen molar-refractivity contribution in [3.63, 3.8) is 0 Å². The van der Waals surface area contributed by atoms with Crippen LogP contribution >= 0.6 is 0 Å². The van der Waals surface area contributed by atoms with Crippen LogP contribution in [0.25, 0.3) is 0 Å². The van der Waals surface area contributed by atoms with Crippen LogP contribution in [-0.4, -0.2) is 21.5 Å². The van der Waals surface area contributed by atoms with Crippen LogP contribution in [0.3, 0.4) is 0 Å². The van der Waals surface area contributed by atoms with E-state index in [9.17, 15) is 10.0 Å². The van der Waals surface area contributed by atoms with Crippen molar-refractivity contribution >= 4 is 11.7 Å². The molecule has 0 saturated heterocycles. The van der Waals surface area contributed by atoms with Crippen molar-refractivity contribution in [2.24, 2.45) is 21.3 Å². The average Bonchev–Trinajstić information content (AvgIpc) is 2.88. The van der Waals surface area contributed by atoms with Crippen molar-refractivity contribution in [2.75, 3.05) is 0 Å². The van der Waals surface area contributed by atoms with Gasteiger partial charge in [0.1, 0.15) is 11.8 Å². The van der Waals surface area contributed by atoms with Crippen molar-refractivity contribution in [3.05, 3.63) is 28.0 Å². The van der Waals surface area contributed by atoms with Crippen LogP contribution in [0.4, 0.5) is 0 Å². The molecular weight excluding hydrogens is 282 g/mol. The summed E-state index contributed by atoms with van der Waals surface area (Å²) in [4.78, 5) is 15.9. The van der Waals surface area contributed by atoms with E-state index in [1.54, 1.807) is 6.92 Å². The first-order valence-electron chi connectivity index (χ1n) is 7.49. The highest BCUT2D eigenvalue weighted by Gasteiger charge is 2.51. The molecule has 0 aliphatic carbocycles. The number of hydrogen-bond donors (Lipinski definition) is 1. The first kappa shape index (κ1) is 16.0. The molecule has 0 radical (unpaired) electrons. The third-order valence-electron chi connectivity index (χ3n) is 4.14. The fourth-order valence-corrected chi connectivity index (χ4v) is 2.71. The third-order valence-corrected chi connectivity index (χ3v) is 4.14. The lowest BCUT2D eigenvalue weighted by Crippen LogP contribution is -2.41. The molecule has 0 amide bonds. The Kier molecular flexibility index (Phi) is 4.52. The molecule has 7 heteroatoms. The van der Waals surface area contributed by atoms with Crippen LogP contribution in [-0.2, 0) is 0 Å². The molecule has 0 bridgehead atoms. The van der Waals surface area contributed by atoms with Gasteiger partial charge in [0.05, 0.1) is 6.08 Å². The molecule has 22 heavy (non-hydrogen) atoms. The number of nitriles is 1. The monoisotopic (exact) mass is 302 g/mol. The minimum atomic E-state index is -0.703. The van der Waals surface area contributed by atoms with E-state index in [1.807, 2.05) is 6.07 Å². The minimum absolute atomic E-state index is 0.0187. The van der Waals surface area contributed by atoms with Gasteiger partial charge in [0.25, 0.3) is 5.84 Å². The number of unbranched alkanes of at least 4 members (excludes halogenated alkanes) is 1. The first-order valence-corrected chi connectivity index (χ1v) is 7.49. The lowest BCUT2D eigenvalue weighted by molar-refractivity contribution is -0.815. The number of nitrogens with zero attached hydrogens (tertiary/aromatic N) is 5. The van der Waals surface area contributed by atoms with Crippen molar-refractivity contribution in [2.45, 2.75) is 46.5 Å². The van der Waals surface area contributed by atoms with Crippen molar-refractivity contribution in [3.8, 4) is 6.07 Å². The van der Waals surface area contributed by atoms with Gasteiger partial charge in [-0.15, -0.1) is 0 Å². The number of aliphatic hydroxyl groups excluding tert-OH is 1. The maximum atomic E-state index is 11.5. The Labute approximate surface area is 129 Å². The normalized spacial score (nSPS) is 24.9. The lowest BCUT2D eigenvalue weighted by atomic mass is 9.98. The van der Waals surface area contributed by atoms with Crippen molar-refractivity contribution < 1.29 is 9.81 Å². The Balaban J connectivity index is 2.49. The Morgan fingerprint density at radius 1 is 1.50 bits per heavy atom. The zero-order chi connectivity index (χ0) is 16.3. The van der Waals surface area contributed by atoms with Gasteiger partial charge in [-0.25, -0.2) is 0 Å². The molecule has 2 rings (SSSR count). The van der Waals surface area contributed by atoms with Crippen LogP contribution < -0.4 is 0 Å². The van der Waals surface area contributed by atoms with Gasteiger partial charge in [-0.05, 0) is 17.9 Å². The fourth-order valence-electron chi connectivity index (χ4n) is 2.71. The predicted octanol–water partition coefficient (Wildman–Crippen LogP) is 3.68. The summed E-state index contributed by atoms with van der Waals surface area (Å²) < 4.78 is -0.703. The molecule has 0 aromatic heterocycles. The number of aliphatic hydroxyl groups is 1. The fraction of sp³-hybridized carbons (Fsp3) is 0.533. The molecule has 2 aliphatic rings. The molecule has 1 N–H and O–H groups in total. The van der Waals surface area contributed by atoms with E-state index in [0.717, 1.165) is 25.7 Å². The summed E-state index contributed by atoms with van der Waals surface area (Å²) in [5.74, 6) is 0.750. The van der Waals surface area contributed by atoms with E-state index in [1.165, 1.54) is 6.08 Å². The predicted molar refractivity (Wildman–Crippen MR) is 83.3 cm³/mol. The van der Waals surface area contributed by atoms with Gasteiger partial charge in [-0.2, -0.15) is 10.3 Å². The second kappa shape index (κ2) is 6.20. The molecule has 2 aliphatic heterocycles. The van der Waals surface area contributed by atoms with E-state index >= 15 is 0 Å². The molecule has 0 fully saturated rings. The molecular formula is C15H20N5O2+. The zero-order valence-electron chi connectivity index (χ0n) is 13.1. The Hall–Kier alpha value is -2.33. The molecule has 0 aromatic rings. The lowest BCUT2D eigenvalue weighted by Gasteiger charge is -2.21. The highest BCUT2D eigenvalue weighted by Crippen LogP contribution is 2.36. The standard InChI is InChI=1S/C15H19N5O2/c1-4-6-7-11(5-2)15-17-14-8-13(21)12(9-16)10(3)20(14,18-15)19-22/h8,11H,4-7H2,1-3H3/p+1. The molecule has 0 aromatic carbocycles. The van der Waals surface area contributed by atoms with Crippen molar-refractivity contribution in [1.29, 1.82) is 5.26 Å². The van der Waals surface area contributed by atoms with E-state index in [2.05, 4.69) is 29.2 Å². The van der Waals surface area contributed by atoms with Gasteiger partial charge in [0.2, 0.25) is 0 Å². The molecule has 116 valence electrons. The maximum absolute atomic E-state index is 11.5. The van der Waals surface area contributed by atoms with Gasteiger partial charge < -0.3 is 5.11 Å². The number of rotatable bonds is 6. The van der Waals surface area contributed by atoms with E-state index in [-0.39, 0.29) is 28.8 Å². The number of amidine groups is 2. The smallest absolute Gasteiger partial charge is 0.295 e. The van der Waals surface area contributed by atoms with Gasteiger partial charge in [0, 0.05) is 17.5 Å². The molecule has 0 spiro atoms. The summed E-state index contributed by atoms with van der Waals surface area (Å²) >= 11 is 0. The maximum Gasteiger partial charge on any atom is 0.295 e. The largest absolute Gasteiger partial charge is 0.506 e. The van der Waals surface area contributed by atoms with Crippen LogP contribution in [0.15, 0.2) is 38.5 Å². The highest BCUT2D eigenvalue weighted by molar-refractivity contribution is 6.04. The Bertz CT molecular complexity index is 653. The van der Waals surface area contributed by atoms with E-state index in [0.29, 0.717) is 5.84 Å². The SMILES string of the molecule is CCCCC(CC)C1=N[N+]2(N=O)C(=N1)C=C(O)C(C#N)=C2C. The zero-order valence-corrected chi connectivity index (χ0v) is 13.1. The number of fused-ring (bicyclic) bond motifs is 1. The molecule has 2 heterocycles. The number of nitroso groups, excluding NO2 is 1. The van der Waals surface area contributed by atoms with Gasteiger partial charge in [0.15, 0.2) is 22.4 Å². The topological polar surface area (TPSA) is 98.2 Å². The van der Waals surface area contributed by atoms with Crippen molar-refractivity contribution in [1.82, 2.24) is 0 Å². The summed E-state index contributed by atoms with van der Waals surface area (Å²) in [5, 5.41) is 26.6. The molecule has 2 atom stereocenters. The summed E-state index contributed by atoms with van der Waals surface area (Å²) in [7, 11) is 0. The van der Waals surface area contributed by atoms with Gasteiger partial charge in [-0.1, -0.05) is 31.6 Å². The summed E-state index contributed by atoms with van der Waals surface area (Å²) in [6.07, 6.45) is 5.22. The number of quaternary nitrogens is 1. The Morgan fingerprint density at radius 3 is 2.77 bits per heavy atom. The van der Waals surface area contributed by atoms with E-state index in [4.69, 9.17) is 5.26 Å². The Morgan fingerprint density at radius 2 is 2.23 bits per heavy atom. The van der Waals surface area contributed by atoms with Crippen LogP contribution in [0.2, 0.25) is 0 Å². The second-order valence-electron chi connectivity index (χ2n) is 5.46. The summed E-state index contributed by atoms with van der Waals surface area (Å²) in [5.41, 5.74) is 0.293. The van der Waals surface area contributed by atoms with Gasteiger partial charge in [-0.3, -0.25) is 0 Å². The van der Waals surface area contributed by atoms with Crippen LogP contribution in [0.1, 0.15) is 46.5 Å². The second-order valence-corrected chi connectivity index (χ2v) is 5.46. The molecule has 0 saturated carbocycles. The number of hydrogen-bond acceptors (Lipinski definition) is 6. The molecule has 2 unspecified atom stereocenters. The highest BCUT2D eigenvalue weighted by atomic mass is 16.3. The summed E-state index contributed by atoms with van der Waals surface area (Å²) in [6.45, 7) is 5.74. The average molecular weight is 302 g/mol. The number of allylic oxidation sites excluding steroid dienone is 2. The third kappa shape index (κ3) is 2.35. The molecule has 7 nitrogen and oxygen atoms in total. The quantitative estimate of drug-likeness (QED) is 0.598.